The lowest BCUT2D eigenvalue weighted by Gasteiger charge is -2.09. The lowest BCUT2D eigenvalue weighted by molar-refractivity contribution is 0.479. The van der Waals surface area contributed by atoms with Gasteiger partial charge >= 0.3 is 0 Å². The van der Waals surface area contributed by atoms with Crippen LogP contribution in [-0.4, -0.2) is 18.1 Å². The minimum atomic E-state index is 1.01. The number of nitrogens with one attached hydrogen (secondary N) is 1. The number of hydrogen-bond donors (Lipinski definition) is 1. The molecule has 2 rings (SSSR count). The first-order valence-corrected chi connectivity index (χ1v) is 7.34. The first-order valence-electron chi connectivity index (χ1n) is 6.46. The Kier molecular flexibility index (Phi) is 4.79. The summed E-state index contributed by atoms with van der Waals surface area (Å²) in [7, 11) is 0. The van der Waals surface area contributed by atoms with Crippen LogP contribution in [0.15, 0.2) is 5.51 Å². The van der Waals surface area contributed by atoms with Gasteiger partial charge in [-0.1, -0.05) is 25.7 Å². The van der Waals surface area contributed by atoms with Gasteiger partial charge in [-0.05, 0) is 32.2 Å². The van der Waals surface area contributed by atoms with Gasteiger partial charge in [0, 0.05) is 11.4 Å². The Bertz CT molecular complexity index is 303. The summed E-state index contributed by atoms with van der Waals surface area (Å²) in [5.41, 5.74) is 3.16. The van der Waals surface area contributed by atoms with Crippen molar-refractivity contribution in [1.29, 1.82) is 0 Å². The lowest BCUT2D eigenvalue weighted by atomic mass is 10.0. The molecule has 90 valence electrons. The first-order chi connectivity index (χ1) is 7.86. The van der Waals surface area contributed by atoms with E-state index in [1.54, 1.807) is 11.3 Å². The van der Waals surface area contributed by atoms with E-state index in [0.717, 1.165) is 18.9 Å². The Balaban J connectivity index is 1.53. The molecule has 0 aliphatic heterocycles. The summed E-state index contributed by atoms with van der Waals surface area (Å²) >= 11 is 1.78. The second kappa shape index (κ2) is 6.36. The molecule has 0 amide bonds. The van der Waals surface area contributed by atoms with Crippen molar-refractivity contribution < 1.29 is 0 Å². The van der Waals surface area contributed by atoms with E-state index in [1.165, 1.54) is 49.2 Å². The Morgan fingerprint density at radius 3 is 2.88 bits per heavy atom. The largest absolute Gasteiger partial charge is 0.316 e. The van der Waals surface area contributed by atoms with E-state index in [-0.39, 0.29) is 0 Å². The molecule has 0 bridgehead atoms. The average Bonchev–Trinajstić information content (AvgIpc) is 2.90. The zero-order valence-corrected chi connectivity index (χ0v) is 11.0. The van der Waals surface area contributed by atoms with Gasteiger partial charge in [0.25, 0.3) is 0 Å². The molecule has 1 fully saturated rings. The zero-order valence-electron chi connectivity index (χ0n) is 10.2. The minimum Gasteiger partial charge on any atom is -0.316 e. The predicted octanol–water partition coefficient (Wildman–Crippen LogP) is 3.16. The van der Waals surface area contributed by atoms with Gasteiger partial charge in [-0.3, -0.25) is 0 Å². The van der Waals surface area contributed by atoms with Crippen molar-refractivity contribution in [3.63, 3.8) is 0 Å². The van der Waals surface area contributed by atoms with E-state index in [4.69, 9.17) is 0 Å². The van der Waals surface area contributed by atoms with Gasteiger partial charge in [0.15, 0.2) is 0 Å². The van der Waals surface area contributed by atoms with Crippen molar-refractivity contribution in [2.24, 2.45) is 5.92 Å². The molecule has 1 aromatic heterocycles. The van der Waals surface area contributed by atoms with Crippen LogP contribution >= 0.6 is 11.3 Å². The SMILES string of the molecule is Cc1ncsc1CCNCCC1CCCC1. The van der Waals surface area contributed by atoms with E-state index in [2.05, 4.69) is 17.2 Å². The number of aryl methyl sites for hydroxylation is 1. The molecule has 0 atom stereocenters. The van der Waals surface area contributed by atoms with Crippen LogP contribution in [0.25, 0.3) is 0 Å². The van der Waals surface area contributed by atoms with E-state index in [1.807, 2.05) is 5.51 Å². The molecule has 0 spiro atoms. The number of hydrogen-bond acceptors (Lipinski definition) is 3. The normalized spacial score (nSPS) is 17.1. The van der Waals surface area contributed by atoms with Crippen molar-refractivity contribution in [1.82, 2.24) is 10.3 Å². The van der Waals surface area contributed by atoms with E-state index in [9.17, 15) is 0 Å². The number of rotatable bonds is 6. The van der Waals surface area contributed by atoms with Crippen LogP contribution in [0.5, 0.6) is 0 Å². The molecule has 0 saturated heterocycles. The maximum atomic E-state index is 4.27. The van der Waals surface area contributed by atoms with Crippen molar-refractivity contribution in [2.45, 2.75) is 45.4 Å². The third-order valence-electron chi connectivity index (χ3n) is 3.58. The molecule has 3 heteroatoms. The topological polar surface area (TPSA) is 24.9 Å². The fourth-order valence-electron chi connectivity index (χ4n) is 2.50. The van der Waals surface area contributed by atoms with Gasteiger partial charge in [0.1, 0.15) is 0 Å². The zero-order chi connectivity index (χ0) is 11.2. The summed E-state index contributed by atoms with van der Waals surface area (Å²) in [4.78, 5) is 5.71. The summed E-state index contributed by atoms with van der Waals surface area (Å²) in [6.07, 6.45) is 8.38. The number of thiazole rings is 1. The molecule has 2 nitrogen and oxygen atoms in total. The maximum Gasteiger partial charge on any atom is 0.0797 e. The maximum absolute atomic E-state index is 4.27. The van der Waals surface area contributed by atoms with E-state index < -0.39 is 0 Å². The highest BCUT2D eigenvalue weighted by atomic mass is 32.1. The summed E-state index contributed by atoms with van der Waals surface area (Å²) in [5.74, 6) is 1.01. The molecular formula is C13H22N2S. The van der Waals surface area contributed by atoms with Gasteiger partial charge in [0.2, 0.25) is 0 Å². The quantitative estimate of drug-likeness (QED) is 0.770. The highest BCUT2D eigenvalue weighted by Gasteiger charge is 2.13. The van der Waals surface area contributed by atoms with Crippen LogP contribution in [0.2, 0.25) is 0 Å². The van der Waals surface area contributed by atoms with Gasteiger partial charge in [-0.25, -0.2) is 4.98 Å². The summed E-state index contributed by atoms with van der Waals surface area (Å²) in [5, 5.41) is 3.56. The standard InChI is InChI=1S/C13H22N2S/c1-11-13(16-10-15-11)7-9-14-8-6-12-4-2-3-5-12/h10,12,14H,2-9H2,1H3. The minimum absolute atomic E-state index is 1.01. The van der Waals surface area contributed by atoms with Crippen LogP contribution in [0.1, 0.15) is 42.7 Å². The third kappa shape index (κ3) is 3.56. The van der Waals surface area contributed by atoms with E-state index >= 15 is 0 Å². The lowest BCUT2D eigenvalue weighted by Crippen LogP contribution is -2.20. The van der Waals surface area contributed by atoms with Crippen LogP contribution in [0, 0.1) is 12.8 Å². The molecule has 16 heavy (non-hydrogen) atoms. The Morgan fingerprint density at radius 1 is 1.38 bits per heavy atom. The van der Waals surface area contributed by atoms with Crippen molar-refractivity contribution in [3.05, 3.63) is 16.1 Å². The third-order valence-corrected chi connectivity index (χ3v) is 4.57. The Morgan fingerprint density at radius 2 is 2.19 bits per heavy atom. The first kappa shape index (κ1) is 12.1. The van der Waals surface area contributed by atoms with Crippen LogP contribution in [0.4, 0.5) is 0 Å². The van der Waals surface area contributed by atoms with Crippen LogP contribution in [-0.2, 0) is 6.42 Å². The molecular weight excluding hydrogens is 216 g/mol. The molecule has 0 aromatic carbocycles. The predicted molar refractivity (Wildman–Crippen MR) is 70.0 cm³/mol. The second-order valence-electron chi connectivity index (χ2n) is 4.80. The fraction of sp³-hybridized carbons (Fsp3) is 0.769. The highest BCUT2D eigenvalue weighted by Crippen LogP contribution is 2.26. The van der Waals surface area contributed by atoms with Crippen molar-refractivity contribution in [3.8, 4) is 0 Å². The fourth-order valence-corrected chi connectivity index (χ4v) is 3.28. The van der Waals surface area contributed by atoms with Gasteiger partial charge in [-0.2, -0.15) is 0 Å². The van der Waals surface area contributed by atoms with Crippen LogP contribution in [0.3, 0.4) is 0 Å². The molecule has 1 aromatic rings. The Labute approximate surface area is 102 Å². The van der Waals surface area contributed by atoms with Gasteiger partial charge in [-0.15, -0.1) is 11.3 Å². The monoisotopic (exact) mass is 238 g/mol. The summed E-state index contributed by atoms with van der Waals surface area (Å²) < 4.78 is 0. The Hall–Kier alpha value is -0.410. The number of aromatic nitrogens is 1. The molecule has 1 heterocycles. The van der Waals surface area contributed by atoms with Gasteiger partial charge in [0.05, 0.1) is 11.2 Å². The smallest absolute Gasteiger partial charge is 0.0797 e. The van der Waals surface area contributed by atoms with E-state index in [0.29, 0.717) is 0 Å². The molecule has 1 N–H and O–H groups in total. The van der Waals surface area contributed by atoms with Gasteiger partial charge < -0.3 is 5.32 Å². The highest BCUT2D eigenvalue weighted by molar-refractivity contribution is 7.09. The number of nitrogens with zero attached hydrogens (tertiary/aromatic N) is 1. The second-order valence-corrected chi connectivity index (χ2v) is 5.74. The summed E-state index contributed by atoms with van der Waals surface area (Å²) in [6, 6.07) is 0. The molecule has 1 saturated carbocycles. The molecule has 1 aliphatic carbocycles. The molecule has 0 unspecified atom stereocenters. The average molecular weight is 238 g/mol. The van der Waals surface area contributed by atoms with Crippen molar-refractivity contribution >= 4 is 11.3 Å². The summed E-state index contributed by atoms with van der Waals surface area (Å²) in [6.45, 7) is 4.41. The molecule has 1 aliphatic rings. The molecule has 0 radical (unpaired) electrons. The van der Waals surface area contributed by atoms with Crippen molar-refractivity contribution in [2.75, 3.05) is 13.1 Å². The van der Waals surface area contributed by atoms with Crippen LogP contribution < -0.4 is 5.32 Å².